The third-order valence-electron chi connectivity index (χ3n) is 4.83. The average molecular weight is 359 g/mol. The first-order valence-corrected chi connectivity index (χ1v) is 8.68. The zero-order valence-corrected chi connectivity index (χ0v) is 14.9. The van der Waals surface area contributed by atoms with E-state index in [9.17, 15) is 14.0 Å². The van der Waals surface area contributed by atoms with Crippen molar-refractivity contribution in [3.63, 3.8) is 0 Å². The second kappa shape index (κ2) is 6.90. The molecule has 1 aromatic heterocycles. The van der Waals surface area contributed by atoms with Gasteiger partial charge in [-0.15, -0.1) is 0 Å². The third kappa shape index (κ3) is 3.47. The summed E-state index contributed by atoms with van der Waals surface area (Å²) in [7, 11) is 0. The van der Waals surface area contributed by atoms with Crippen LogP contribution in [0.15, 0.2) is 24.3 Å². The number of carboxylic acid groups (broad SMARTS) is 1. The summed E-state index contributed by atoms with van der Waals surface area (Å²) in [4.78, 5) is 23.7. The van der Waals surface area contributed by atoms with Gasteiger partial charge in [0.05, 0.1) is 11.1 Å². The van der Waals surface area contributed by atoms with E-state index in [1.807, 2.05) is 0 Å². The van der Waals surface area contributed by atoms with Gasteiger partial charge < -0.3 is 10.4 Å². The fraction of sp³-hybridized carbons (Fsp3) is 0.421. The van der Waals surface area contributed by atoms with Crippen molar-refractivity contribution in [3.8, 4) is 5.69 Å². The summed E-state index contributed by atoms with van der Waals surface area (Å²) < 4.78 is 14.9. The van der Waals surface area contributed by atoms with Crippen molar-refractivity contribution >= 4 is 11.9 Å². The molecule has 1 aliphatic rings. The van der Waals surface area contributed by atoms with Crippen LogP contribution < -0.4 is 5.32 Å². The van der Waals surface area contributed by atoms with Crippen LogP contribution in [0.5, 0.6) is 0 Å². The molecule has 0 spiro atoms. The molecule has 0 saturated carbocycles. The normalized spacial score (nSPS) is 13.5. The molecule has 0 atom stereocenters. The van der Waals surface area contributed by atoms with E-state index in [1.54, 1.807) is 30.7 Å². The molecular weight excluding hydrogens is 337 g/mol. The maximum absolute atomic E-state index is 13.2. The molecule has 6 nitrogen and oxygen atoms in total. The van der Waals surface area contributed by atoms with Crippen molar-refractivity contribution in [2.75, 3.05) is 6.54 Å². The van der Waals surface area contributed by atoms with Crippen LogP contribution in [-0.2, 0) is 17.6 Å². The number of nitrogens with zero attached hydrogens (tertiary/aromatic N) is 2. The van der Waals surface area contributed by atoms with Gasteiger partial charge in [0.1, 0.15) is 5.82 Å². The highest BCUT2D eigenvalue weighted by Crippen LogP contribution is 2.28. The van der Waals surface area contributed by atoms with Crippen molar-refractivity contribution in [2.45, 2.75) is 39.5 Å². The highest BCUT2D eigenvalue weighted by molar-refractivity contribution is 5.94. The van der Waals surface area contributed by atoms with E-state index < -0.39 is 11.4 Å². The number of aliphatic carboxylic acids is 1. The summed E-state index contributed by atoms with van der Waals surface area (Å²) in [5.41, 5.74) is 2.09. The van der Waals surface area contributed by atoms with Crippen LogP contribution >= 0.6 is 0 Å². The Morgan fingerprint density at radius 2 is 1.96 bits per heavy atom. The van der Waals surface area contributed by atoms with Crippen molar-refractivity contribution in [1.29, 1.82) is 0 Å². The molecule has 0 radical (unpaired) electrons. The average Bonchev–Trinajstić information content (AvgIpc) is 3.17. The molecule has 0 aliphatic heterocycles. The molecule has 138 valence electrons. The number of rotatable bonds is 6. The minimum absolute atomic E-state index is 0.260. The SMILES string of the molecule is CC(C)(CCNC(=O)c1nn(-c2ccc(F)cc2)c2c1CCC2)C(=O)O. The number of aromatic nitrogens is 2. The Morgan fingerprint density at radius 3 is 2.62 bits per heavy atom. The Kier molecular flexibility index (Phi) is 4.80. The topological polar surface area (TPSA) is 84.2 Å². The number of fused-ring (bicyclic) bond motifs is 1. The van der Waals surface area contributed by atoms with E-state index in [0.717, 1.165) is 36.2 Å². The van der Waals surface area contributed by atoms with Crippen LogP contribution in [-0.4, -0.2) is 33.3 Å². The van der Waals surface area contributed by atoms with Gasteiger partial charge in [0, 0.05) is 17.8 Å². The van der Waals surface area contributed by atoms with Crippen LogP contribution in [0.4, 0.5) is 4.39 Å². The predicted molar refractivity (Wildman–Crippen MR) is 93.9 cm³/mol. The molecule has 3 rings (SSSR count). The first-order valence-electron chi connectivity index (χ1n) is 8.68. The number of hydrogen-bond donors (Lipinski definition) is 2. The number of carbonyl (C=O) groups excluding carboxylic acids is 1. The van der Waals surface area contributed by atoms with E-state index in [0.29, 0.717) is 12.1 Å². The number of hydrogen-bond acceptors (Lipinski definition) is 3. The first kappa shape index (κ1) is 18.1. The molecular formula is C19H22FN3O3. The molecule has 0 unspecified atom stereocenters. The van der Waals surface area contributed by atoms with Gasteiger partial charge in [-0.1, -0.05) is 0 Å². The minimum Gasteiger partial charge on any atom is -0.481 e. The molecule has 2 N–H and O–H groups in total. The Bertz CT molecular complexity index is 840. The maximum atomic E-state index is 13.2. The van der Waals surface area contributed by atoms with E-state index in [4.69, 9.17) is 5.11 Å². The van der Waals surface area contributed by atoms with E-state index in [1.165, 1.54) is 12.1 Å². The Morgan fingerprint density at radius 1 is 1.27 bits per heavy atom. The smallest absolute Gasteiger partial charge is 0.309 e. The summed E-state index contributed by atoms with van der Waals surface area (Å²) in [6, 6.07) is 6.01. The predicted octanol–water partition coefficient (Wildman–Crippen LogP) is 2.73. The second-order valence-electron chi connectivity index (χ2n) is 7.21. The van der Waals surface area contributed by atoms with Crippen molar-refractivity contribution in [3.05, 3.63) is 47.0 Å². The van der Waals surface area contributed by atoms with E-state index in [2.05, 4.69) is 10.4 Å². The zero-order valence-electron chi connectivity index (χ0n) is 14.9. The molecule has 1 heterocycles. The van der Waals surface area contributed by atoms with Gasteiger partial charge in [-0.3, -0.25) is 9.59 Å². The zero-order chi connectivity index (χ0) is 18.9. The summed E-state index contributed by atoms with van der Waals surface area (Å²) in [5.74, 6) is -1.52. The summed E-state index contributed by atoms with van der Waals surface area (Å²) in [6.45, 7) is 3.52. The van der Waals surface area contributed by atoms with Gasteiger partial charge in [-0.2, -0.15) is 5.10 Å². The largest absolute Gasteiger partial charge is 0.481 e. The second-order valence-corrected chi connectivity index (χ2v) is 7.21. The van der Waals surface area contributed by atoms with Crippen molar-refractivity contribution in [1.82, 2.24) is 15.1 Å². The summed E-state index contributed by atoms with van der Waals surface area (Å²) in [6.07, 6.45) is 2.87. The molecule has 7 heteroatoms. The summed E-state index contributed by atoms with van der Waals surface area (Å²) >= 11 is 0. The molecule has 1 amide bonds. The van der Waals surface area contributed by atoms with Gasteiger partial charge in [0.2, 0.25) is 0 Å². The standard InChI is InChI=1S/C19H22FN3O3/c1-19(2,18(25)26)10-11-21-17(24)16-14-4-3-5-15(14)23(22-16)13-8-6-12(20)7-9-13/h6-9H,3-5,10-11H2,1-2H3,(H,21,24)(H,25,26). The highest BCUT2D eigenvalue weighted by atomic mass is 19.1. The number of halogens is 1. The lowest BCUT2D eigenvalue weighted by molar-refractivity contribution is -0.147. The van der Waals surface area contributed by atoms with Crippen molar-refractivity contribution < 1.29 is 19.1 Å². The monoisotopic (exact) mass is 359 g/mol. The van der Waals surface area contributed by atoms with Crippen LogP contribution in [0.3, 0.4) is 0 Å². The van der Waals surface area contributed by atoms with E-state index in [-0.39, 0.29) is 18.3 Å². The number of carboxylic acids is 1. The molecule has 1 aromatic carbocycles. The van der Waals surface area contributed by atoms with Crippen LogP contribution in [0.25, 0.3) is 5.69 Å². The van der Waals surface area contributed by atoms with Gasteiger partial charge in [-0.05, 0) is 63.8 Å². The Hall–Kier alpha value is -2.70. The molecule has 0 fully saturated rings. The molecule has 2 aromatic rings. The van der Waals surface area contributed by atoms with Gasteiger partial charge in [0.25, 0.3) is 5.91 Å². The van der Waals surface area contributed by atoms with Gasteiger partial charge >= 0.3 is 5.97 Å². The lowest BCUT2D eigenvalue weighted by atomic mass is 9.90. The number of benzene rings is 1. The van der Waals surface area contributed by atoms with E-state index >= 15 is 0 Å². The number of amides is 1. The van der Waals surface area contributed by atoms with Crippen LogP contribution in [0, 0.1) is 11.2 Å². The lowest BCUT2D eigenvalue weighted by Crippen LogP contribution is -2.32. The number of carbonyl (C=O) groups is 2. The summed E-state index contributed by atoms with van der Waals surface area (Å²) in [5, 5.41) is 16.4. The van der Waals surface area contributed by atoms with Gasteiger partial charge in [0.15, 0.2) is 5.69 Å². The van der Waals surface area contributed by atoms with Crippen LogP contribution in [0.2, 0.25) is 0 Å². The molecule has 0 bridgehead atoms. The van der Waals surface area contributed by atoms with Crippen molar-refractivity contribution in [2.24, 2.45) is 5.41 Å². The number of nitrogens with one attached hydrogen (secondary N) is 1. The Balaban J connectivity index is 1.78. The maximum Gasteiger partial charge on any atom is 0.309 e. The lowest BCUT2D eigenvalue weighted by Gasteiger charge is -2.18. The minimum atomic E-state index is -0.900. The van der Waals surface area contributed by atoms with Crippen LogP contribution in [0.1, 0.15) is 48.4 Å². The molecule has 0 saturated heterocycles. The molecule has 1 aliphatic carbocycles. The van der Waals surface area contributed by atoms with Gasteiger partial charge in [-0.25, -0.2) is 9.07 Å². The highest BCUT2D eigenvalue weighted by Gasteiger charge is 2.29. The molecule has 26 heavy (non-hydrogen) atoms. The quantitative estimate of drug-likeness (QED) is 0.831. The Labute approximate surface area is 151 Å². The fourth-order valence-corrected chi connectivity index (χ4v) is 3.09. The third-order valence-corrected chi connectivity index (χ3v) is 4.83. The first-order chi connectivity index (χ1) is 12.3. The fourth-order valence-electron chi connectivity index (χ4n) is 3.09.